The molecule has 0 heterocycles. The van der Waals surface area contributed by atoms with Crippen LogP contribution >= 0.6 is 7.82 Å². The molecule has 0 spiro atoms. The molecule has 3 atom stereocenters. The van der Waals surface area contributed by atoms with Gasteiger partial charge in [-0.25, -0.2) is 4.57 Å². The van der Waals surface area contributed by atoms with E-state index in [-0.39, 0.29) is 19.1 Å². The highest BCUT2D eigenvalue weighted by Gasteiger charge is 2.27. The van der Waals surface area contributed by atoms with Crippen molar-refractivity contribution in [3.05, 3.63) is 60.8 Å². The Labute approximate surface area is 422 Å². The molecule has 3 N–H and O–H groups in total. The molecule has 0 aromatic rings. The molecule has 0 saturated heterocycles. The monoisotopic (exact) mass is 976 g/mol. The van der Waals surface area contributed by atoms with Gasteiger partial charge >= 0.3 is 7.82 Å². The van der Waals surface area contributed by atoms with E-state index in [9.17, 15) is 19.4 Å². The second-order valence-corrected chi connectivity index (χ2v) is 22.1. The van der Waals surface area contributed by atoms with Crippen LogP contribution < -0.4 is 5.32 Å². The Hall–Kier alpha value is -1.80. The van der Waals surface area contributed by atoms with E-state index < -0.39 is 20.0 Å². The van der Waals surface area contributed by atoms with E-state index in [0.717, 1.165) is 51.4 Å². The lowest BCUT2D eigenvalue weighted by Crippen LogP contribution is -2.45. The fraction of sp³-hybridized carbons (Fsp3) is 0.814. The Kier molecular flexibility index (Phi) is 48.8. The second kappa shape index (κ2) is 50.2. The number of phosphoric ester groups is 1. The molecule has 0 aliphatic rings. The van der Waals surface area contributed by atoms with Crippen LogP contribution in [0.15, 0.2) is 60.8 Å². The molecule has 8 nitrogen and oxygen atoms in total. The van der Waals surface area contributed by atoms with Gasteiger partial charge in [0, 0.05) is 6.42 Å². The summed E-state index contributed by atoms with van der Waals surface area (Å²) < 4.78 is 23.7. The van der Waals surface area contributed by atoms with Crippen LogP contribution in [0.25, 0.3) is 0 Å². The van der Waals surface area contributed by atoms with Crippen LogP contribution in [0.2, 0.25) is 0 Å². The fourth-order valence-electron chi connectivity index (χ4n) is 8.16. The van der Waals surface area contributed by atoms with Crippen molar-refractivity contribution in [2.24, 2.45) is 0 Å². The van der Waals surface area contributed by atoms with E-state index in [1.807, 2.05) is 27.2 Å². The number of aliphatic hydroxyl groups is 1. The second-order valence-electron chi connectivity index (χ2n) is 20.6. The summed E-state index contributed by atoms with van der Waals surface area (Å²) in [6.07, 6.45) is 67.6. The number of allylic oxidation sites excluding steroid dienone is 9. The summed E-state index contributed by atoms with van der Waals surface area (Å²) in [5.74, 6) is -0.192. The van der Waals surface area contributed by atoms with Crippen molar-refractivity contribution in [3.63, 3.8) is 0 Å². The zero-order valence-corrected chi connectivity index (χ0v) is 46.2. The molecule has 0 fully saturated rings. The van der Waals surface area contributed by atoms with Crippen LogP contribution in [0.1, 0.15) is 258 Å². The minimum Gasteiger partial charge on any atom is -0.387 e. The average molecular weight is 977 g/mol. The van der Waals surface area contributed by atoms with Crippen LogP contribution in [-0.2, 0) is 18.4 Å². The lowest BCUT2D eigenvalue weighted by atomic mass is 10.0. The molecule has 0 radical (unpaired) electrons. The van der Waals surface area contributed by atoms with Crippen LogP contribution in [-0.4, -0.2) is 73.4 Å². The topological polar surface area (TPSA) is 105 Å². The number of hydrogen-bond donors (Lipinski definition) is 3. The molecule has 1 amide bonds. The smallest absolute Gasteiger partial charge is 0.387 e. The van der Waals surface area contributed by atoms with Gasteiger partial charge in [-0.2, -0.15) is 0 Å². The molecule has 0 aromatic heterocycles. The van der Waals surface area contributed by atoms with Crippen molar-refractivity contribution < 1.29 is 32.9 Å². The number of hydrogen-bond acceptors (Lipinski definition) is 5. The Morgan fingerprint density at radius 3 is 1.26 bits per heavy atom. The standard InChI is InChI=1S/C59H111N2O6P/c1-6-8-10-12-14-16-18-20-22-24-25-26-27-28-29-30-31-32-33-34-35-37-39-41-43-45-47-49-51-53-59(63)60-57(56-67-68(64,65)66-55-54-61(3,4)5)58(62)52-50-48-46-44-42-40-38-36-23-21-19-17-15-13-11-9-7-2/h23,25-26,28-29,36,42,44,50,52,57-58,62H,6-22,24,27,30-35,37-41,43,45-49,51,53-56H2,1-5H3,(H-,60,63,64,65)/p+1/b26-25-,29-28-,36-23+,44-42+,52-50+. The van der Waals surface area contributed by atoms with Gasteiger partial charge in [0.05, 0.1) is 39.9 Å². The third-order valence-electron chi connectivity index (χ3n) is 12.7. The number of nitrogens with zero attached hydrogens (tertiary/aromatic N) is 1. The Bertz CT molecular complexity index is 1290. The predicted molar refractivity (Wildman–Crippen MR) is 295 cm³/mol. The molecule has 0 aliphatic heterocycles. The minimum absolute atomic E-state index is 0.0521. The molecular formula is C59H112N2O6P+. The maximum atomic E-state index is 13.0. The number of carbonyl (C=O) groups excluding carboxylic acids is 1. The zero-order chi connectivity index (χ0) is 49.9. The van der Waals surface area contributed by atoms with Crippen LogP contribution in [0.3, 0.4) is 0 Å². The van der Waals surface area contributed by atoms with Crippen molar-refractivity contribution in [2.45, 2.75) is 270 Å². The number of carbonyl (C=O) groups is 1. The quantitative estimate of drug-likeness (QED) is 0.0243. The van der Waals surface area contributed by atoms with Gasteiger partial charge < -0.3 is 19.8 Å². The number of likely N-dealkylation sites (N-methyl/N-ethyl adjacent to an activating group) is 1. The van der Waals surface area contributed by atoms with E-state index >= 15 is 0 Å². The van der Waals surface area contributed by atoms with Gasteiger partial charge in [0.15, 0.2) is 0 Å². The number of aliphatic hydroxyl groups excluding tert-OH is 1. The van der Waals surface area contributed by atoms with E-state index in [2.05, 4.69) is 67.8 Å². The summed E-state index contributed by atoms with van der Waals surface area (Å²) in [6, 6.07) is -0.872. The average Bonchev–Trinajstić information content (AvgIpc) is 3.30. The fourth-order valence-corrected chi connectivity index (χ4v) is 8.90. The van der Waals surface area contributed by atoms with E-state index in [1.54, 1.807) is 6.08 Å². The predicted octanol–water partition coefficient (Wildman–Crippen LogP) is 17.3. The molecule has 0 aliphatic carbocycles. The van der Waals surface area contributed by atoms with Crippen LogP contribution in [0, 0.1) is 0 Å². The zero-order valence-electron chi connectivity index (χ0n) is 45.3. The number of quaternary nitrogens is 1. The number of unbranched alkanes of at least 4 members (excludes halogenated alkanes) is 31. The molecule has 398 valence electrons. The Morgan fingerprint density at radius 2 is 0.853 bits per heavy atom. The first-order chi connectivity index (χ1) is 33.0. The number of nitrogens with one attached hydrogen (secondary N) is 1. The summed E-state index contributed by atoms with van der Waals surface area (Å²) in [4.78, 5) is 23.3. The molecule has 0 bridgehead atoms. The molecule has 68 heavy (non-hydrogen) atoms. The molecule has 3 unspecified atom stereocenters. The van der Waals surface area contributed by atoms with E-state index in [1.165, 1.54) is 186 Å². The molecular weight excluding hydrogens is 864 g/mol. The summed E-state index contributed by atoms with van der Waals surface area (Å²) >= 11 is 0. The molecule has 0 aromatic carbocycles. The lowest BCUT2D eigenvalue weighted by molar-refractivity contribution is -0.870. The molecule has 0 saturated carbocycles. The summed E-state index contributed by atoms with van der Waals surface area (Å²) in [7, 11) is 1.55. The molecule has 0 rings (SSSR count). The van der Waals surface area contributed by atoms with Crippen LogP contribution in [0.5, 0.6) is 0 Å². The SMILES string of the molecule is CCCCCCCCC/C=C/CC/C=C/CC/C=C/C(O)C(COP(=O)(O)OCC[N+](C)(C)C)NC(=O)CCCCCCCCCCCCCCC/C=C\C/C=C\CCCCCCCCCCC. The van der Waals surface area contributed by atoms with Crippen molar-refractivity contribution >= 4 is 13.7 Å². The van der Waals surface area contributed by atoms with Gasteiger partial charge in [0.25, 0.3) is 0 Å². The number of phosphoric acid groups is 1. The van der Waals surface area contributed by atoms with Crippen molar-refractivity contribution in [3.8, 4) is 0 Å². The lowest BCUT2D eigenvalue weighted by Gasteiger charge is -2.25. The minimum atomic E-state index is -4.36. The van der Waals surface area contributed by atoms with E-state index in [0.29, 0.717) is 17.4 Å². The molecule has 9 heteroatoms. The maximum Gasteiger partial charge on any atom is 0.472 e. The normalized spacial score (nSPS) is 14.4. The van der Waals surface area contributed by atoms with Crippen molar-refractivity contribution in [1.29, 1.82) is 0 Å². The first kappa shape index (κ1) is 66.2. The number of amides is 1. The largest absolute Gasteiger partial charge is 0.472 e. The summed E-state index contributed by atoms with van der Waals surface area (Å²) in [6.45, 7) is 4.79. The highest BCUT2D eigenvalue weighted by Crippen LogP contribution is 2.43. The summed E-state index contributed by atoms with van der Waals surface area (Å²) in [5, 5.41) is 13.9. The van der Waals surface area contributed by atoms with Crippen molar-refractivity contribution in [1.82, 2.24) is 5.32 Å². The number of rotatable bonds is 52. The van der Waals surface area contributed by atoms with Gasteiger partial charge in [-0.3, -0.25) is 13.8 Å². The highest BCUT2D eigenvalue weighted by molar-refractivity contribution is 7.47. The Morgan fingerprint density at radius 1 is 0.500 bits per heavy atom. The van der Waals surface area contributed by atoms with Gasteiger partial charge in [0.2, 0.25) is 5.91 Å². The van der Waals surface area contributed by atoms with Crippen LogP contribution in [0.4, 0.5) is 0 Å². The summed E-state index contributed by atoms with van der Waals surface area (Å²) in [5.41, 5.74) is 0. The third kappa shape index (κ3) is 52.0. The third-order valence-corrected chi connectivity index (χ3v) is 13.7. The van der Waals surface area contributed by atoms with Gasteiger partial charge in [-0.05, 0) is 77.0 Å². The van der Waals surface area contributed by atoms with Gasteiger partial charge in [-0.15, -0.1) is 0 Å². The van der Waals surface area contributed by atoms with Gasteiger partial charge in [0.1, 0.15) is 13.2 Å². The highest BCUT2D eigenvalue weighted by atomic mass is 31.2. The van der Waals surface area contributed by atoms with Gasteiger partial charge in [-0.1, -0.05) is 235 Å². The van der Waals surface area contributed by atoms with E-state index in [4.69, 9.17) is 9.05 Å². The maximum absolute atomic E-state index is 13.0. The first-order valence-corrected chi connectivity index (χ1v) is 30.2. The van der Waals surface area contributed by atoms with Crippen molar-refractivity contribution in [2.75, 3.05) is 40.9 Å². The Balaban J connectivity index is 4.20. The first-order valence-electron chi connectivity index (χ1n) is 28.7.